The summed E-state index contributed by atoms with van der Waals surface area (Å²) in [5.74, 6) is 0.458. The van der Waals surface area contributed by atoms with Crippen LogP contribution in [0.1, 0.15) is 20.8 Å². The Labute approximate surface area is 243 Å². The molecule has 0 atom stereocenters. The number of benzene rings is 3. The third-order valence-electron chi connectivity index (χ3n) is 6.05. The fourth-order valence-electron chi connectivity index (χ4n) is 3.95. The van der Waals surface area contributed by atoms with Gasteiger partial charge in [0.25, 0.3) is 11.5 Å². The molecule has 5 rings (SSSR count). The molecule has 2 amide bonds. The minimum absolute atomic E-state index is 0.242. The van der Waals surface area contributed by atoms with Gasteiger partial charge in [-0.1, -0.05) is 29.3 Å². The molecule has 2 heterocycles. The maximum Gasteiger partial charge on any atom is 0.266 e. The second-order valence-corrected chi connectivity index (χ2v) is 10.8. The maximum atomic E-state index is 13.2. The van der Waals surface area contributed by atoms with E-state index in [-0.39, 0.29) is 12.5 Å². The van der Waals surface area contributed by atoms with E-state index >= 15 is 0 Å². The van der Waals surface area contributed by atoms with Gasteiger partial charge in [0.15, 0.2) is 0 Å². The van der Waals surface area contributed by atoms with Gasteiger partial charge in [-0.2, -0.15) is 0 Å². The molecular weight excluding hydrogens is 571 g/mol. The van der Waals surface area contributed by atoms with Crippen LogP contribution in [-0.4, -0.2) is 21.4 Å². The van der Waals surface area contributed by atoms with Crippen LogP contribution in [0.15, 0.2) is 77.9 Å². The number of anilines is 2. The van der Waals surface area contributed by atoms with Crippen molar-refractivity contribution in [3.8, 4) is 11.5 Å². The first-order valence-corrected chi connectivity index (χ1v) is 13.6. The Morgan fingerprint density at radius 3 is 2.25 bits per heavy atom. The molecule has 0 aliphatic rings. The van der Waals surface area contributed by atoms with Gasteiger partial charge in [-0.15, -0.1) is 11.3 Å². The van der Waals surface area contributed by atoms with Gasteiger partial charge in [0.05, 0.1) is 16.6 Å². The Morgan fingerprint density at radius 1 is 0.925 bits per heavy atom. The lowest BCUT2D eigenvalue weighted by molar-refractivity contribution is -0.116. The summed E-state index contributed by atoms with van der Waals surface area (Å²) in [7, 11) is 0. The van der Waals surface area contributed by atoms with Crippen molar-refractivity contribution in [1.29, 1.82) is 0 Å². The summed E-state index contributed by atoms with van der Waals surface area (Å²) in [6.07, 6.45) is 1.31. The van der Waals surface area contributed by atoms with E-state index in [0.29, 0.717) is 53.6 Å². The summed E-state index contributed by atoms with van der Waals surface area (Å²) >= 11 is 13.2. The van der Waals surface area contributed by atoms with Crippen LogP contribution in [0.4, 0.5) is 11.4 Å². The lowest BCUT2D eigenvalue weighted by Gasteiger charge is -2.09. The number of fused-ring (bicyclic) bond motifs is 1. The Bertz CT molecular complexity index is 1800. The Hall–Kier alpha value is -4.18. The van der Waals surface area contributed by atoms with Crippen molar-refractivity contribution in [2.75, 3.05) is 10.6 Å². The van der Waals surface area contributed by atoms with Gasteiger partial charge in [0.2, 0.25) is 5.91 Å². The highest BCUT2D eigenvalue weighted by Crippen LogP contribution is 2.29. The van der Waals surface area contributed by atoms with Gasteiger partial charge >= 0.3 is 0 Å². The van der Waals surface area contributed by atoms with E-state index in [1.165, 1.54) is 10.9 Å². The molecule has 0 aliphatic heterocycles. The maximum absolute atomic E-state index is 13.2. The van der Waals surface area contributed by atoms with Crippen molar-refractivity contribution in [2.24, 2.45) is 0 Å². The number of halogens is 2. The second-order valence-electron chi connectivity index (χ2n) is 8.96. The molecule has 5 aromatic rings. The lowest BCUT2D eigenvalue weighted by atomic mass is 10.2. The minimum Gasteiger partial charge on any atom is -0.457 e. The average Bonchev–Trinajstić information content (AvgIpc) is 3.27. The first kappa shape index (κ1) is 27.4. The van der Waals surface area contributed by atoms with Crippen LogP contribution in [0.3, 0.4) is 0 Å². The third kappa shape index (κ3) is 6.02. The molecule has 0 radical (unpaired) electrons. The van der Waals surface area contributed by atoms with E-state index in [1.54, 1.807) is 73.7 Å². The van der Waals surface area contributed by atoms with Crippen molar-refractivity contribution in [2.45, 2.75) is 20.4 Å². The van der Waals surface area contributed by atoms with Crippen molar-refractivity contribution < 1.29 is 14.3 Å². The normalized spacial score (nSPS) is 10.9. The van der Waals surface area contributed by atoms with Crippen molar-refractivity contribution >= 4 is 67.9 Å². The number of hydrogen-bond acceptors (Lipinski definition) is 6. The smallest absolute Gasteiger partial charge is 0.266 e. The number of carbonyl (C=O) groups excluding carboxylic acids is 2. The Balaban J connectivity index is 1.29. The van der Waals surface area contributed by atoms with E-state index in [1.807, 2.05) is 6.92 Å². The Kier molecular flexibility index (Phi) is 7.88. The molecule has 11 heteroatoms. The van der Waals surface area contributed by atoms with Crippen LogP contribution >= 0.6 is 34.5 Å². The quantitative estimate of drug-likeness (QED) is 0.210. The van der Waals surface area contributed by atoms with Gasteiger partial charge in [0, 0.05) is 21.4 Å². The SMILES string of the molecule is Cc1ccc(NC(=O)Cn2cnc3sc(C(=O)Nc4ccc(Oc5ccc(Cl)cc5)cc4)c(C)c3c2=O)cc1Cl. The zero-order valence-corrected chi connectivity index (χ0v) is 23.7. The highest BCUT2D eigenvalue weighted by molar-refractivity contribution is 7.20. The van der Waals surface area contributed by atoms with Crippen molar-refractivity contribution in [3.05, 3.63) is 109 Å². The lowest BCUT2D eigenvalue weighted by Crippen LogP contribution is -2.28. The number of ether oxygens (including phenoxy) is 1. The number of nitrogens with zero attached hydrogens (tertiary/aromatic N) is 2. The zero-order chi connectivity index (χ0) is 28.4. The highest BCUT2D eigenvalue weighted by Gasteiger charge is 2.20. The second kappa shape index (κ2) is 11.5. The van der Waals surface area contributed by atoms with E-state index in [2.05, 4.69) is 15.6 Å². The minimum atomic E-state index is -0.405. The molecule has 202 valence electrons. The third-order valence-corrected chi connectivity index (χ3v) is 7.91. The van der Waals surface area contributed by atoms with Gasteiger partial charge in [-0.3, -0.25) is 19.0 Å². The molecule has 40 heavy (non-hydrogen) atoms. The topological polar surface area (TPSA) is 102 Å². The molecule has 0 fully saturated rings. The Morgan fingerprint density at radius 2 is 1.57 bits per heavy atom. The summed E-state index contributed by atoms with van der Waals surface area (Å²) in [5, 5.41) is 7.02. The molecule has 0 unspecified atom stereocenters. The standard InChI is InChI=1S/C29H22Cl2N4O4S/c1-16-3-6-20(13-23(16)31)33-24(36)14-35-15-32-28-25(29(35)38)17(2)26(40-28)27(37)34-19-7-11-22(12-8-19)39-21-9-4-18(30)5-10-21/h3-13,15H,14H2,1-2H3,(H,33,36)(H,34,37). The summed E-state index contributed by atoms with van der Waals surface area (Å²) < 4.78 is 7.00. The molecule has 0 bridgehead atoms. The largest absolute Gasteiger partial charge is 0.457 e. The molecule has 3 aromatic carbocycles. The van der Waals surface area contributed by atoms with Gasteiger partial charge in [0.1, 0.15) is 22.9 Å². The van der Waals surface area contributed by atoms with Gasteiger partial charge in [-0.25, -0.2) is 4.98 Å². The van der Waals surface area contributed by atoms with Crippen LogP contribution in [-0.2, 0) is 11.3 Å². The summed E-state index contributed by atoms with van der Waals surface area (Å²) in [5.41, 5.74) is 2.07. The van der Waals surface area contributed by atoms with Crippen LogP contribution in [0.2, 0.25) is 10.0 Å². The molecule has 2 aromatic heterocycles. The number of hydrogen-bond donors (Lipinski definition) is 2. The summed E-state index contributed by atoms with van der Waals surface area (Å²) in [6.45, 7) is 3.31. The monoisotopic (exact) mass is 592 g/mol. The predicted octanol–water partition coefficient (Wildman–Crippen LogP) is 7.06. The first-order chi connectivity index (χ1) is 19.2. The van der Waals surface area contributed by atoms with Crippen LogP contribution in [0, 0.1) is 13.8 Å². The molecule has 0 saturated heterocycles. The van der Waals surface area contributed by atoms with Crippen LogP contribution in [0.5, 0.6) is 11.5 Å². The van der Waals surface area contributed by atoms with Crippen LogP contribution < -0.4 is 20.9 Å². The fraction of sp³-hybridized carbons (Fsp3) is 0.103. The molecular formula is C29H22Cl2N4O4S. The average molecular weight is 593 g/mol. The molecule has 0 saturated carbocycles. The molecule has 8 nitrogen and oxygen atoms in total. The molecule has 2 N–H and O–H groups in total. The number of nitrogens with one attached hydrogen (secondary N) is 2. The van der Waals surface area contributed by atoms with Gasteiger partial charge in [-0.05, 0) is 85.6 Å². The number of thiophene rings is 1. The zero-order valence-electron chi connectivity index (χ0n) is 21.3. The van der Waals surface area contributed by atoms with E-state index in [4.69, 9.17) is 27.9 Å². The number of carbonyl (C=O) groups is 2. The number of rotatable bonds is 7. The van der Waals surface area contributed by atoms with Crippen LogP contribution in [0.25, 0.3) is 10.2 Å². The number of aromatic nitrogens is 2. The summed E-state index contributed by atoms with van der Waals surface area (Å²) in [6, 6.07) is 19.1. The molecule has 0 aliphatic carbocycles. The molecule has 0 spiro atoms. The van der Waals surface area contributed by atoms with Crippen molar-refractivity contribution in [1.82, 2.24) is 9.55 Å². The van der Waals surface area contributed by atoms with E-state index in [9.17, 15) is 14.4 Å². The van der Waals surface area contributed by atoms with Crippen molar-refractivity contribution in [3.63, 3.8) is 0 Å². The van der Waals surface area contributed by atoms with E-state index in [0.717, 1.165) is 16.9 Å². The van der Waals surface area contributed by atoms with E-state index < -0.39 is 11.5 Å². The summed E-state index contributed by atoms with van der Waals surface area (Å²) in [4.78, 5) is 44.0. The number of amides is 2. The fourth-order valence-corrected chi connectivity index (χ4v) is 5.29. The van der Waals surface area contributed by atoms with Gasteiger partial charge < -0.3 is 15.4 Å². The first-order valence-electron chi connectivity index (χ1n) is 12.1. The number of aryl methyl sites for hydroxylation is 2. The predicted molar refractivity (Wildman–Crippen MR) is 159 cm³/mol. The highest BCUT2D eigenvalue weighted by atomic mass is 35.5.